The van der Waals surface area contributed by atoms with Crippen molar-refractivity contribution in [2.45, 2.75) is 0 Å². The van der Waals surface area contributed by atoms with E-state index in [1.807, 2.05) is 30.4 Å². The van der Waals surface area contributed by atoms with Crippen LogP contribution in [0.25, 0.3) is 12.2 Å². The summed E-state index contributed by atoms with van der Waals surface area (Å²) in [5.41, 5.74) is 2.52. The first-order valence-corrected chi connectivity index (χ1v) is 9.66. The Bertz CT molecular complexity index is 1080. The molecule has 7 heteroatoms. The van der Waals surface area contributed by atoms with Gasteiger partial charge in [-0.3, -0.25) is 10.1 Å². The first kappa shape index (κ1) is 20.9. The predicted octanol–water partition coefficient (Wildman–Crippen LogP) is 6.78. The molecule has 3 aromatic carbocycles. The van der Waals surface area contributed by atoms with Crippen LogP contribution in [0.2, 0.25) is 15.1 Å². The van der Waals surface area contributed by atoms with Gasteiger partial charge in [0.1, 0.15) is 0 Å². The fourth-order valence-electron chi connectivity index (χ4n) is 2.48. The number of carbonyl (C=O) groups excluding carboxylic acids is 2. The zero-order chi connectivity index (χ0) is 20.8. The Morgan fingerprint density at radius 3 is 2.21 bits per heavy atom. The zero-order valence-electron chi connectivity index (χ0n) is 15.0. The van der Waals surface area contributed by atoms with Crippen molar-refractivity contribution in [3.63, 3.8) is 0 Å². The largest absolute Gasteiger partial charge is 0.326 e. The van der Waals surface area contributed by atoms with Gasteiger partial charge < -0.3 is 5.32 Å². The quantitative estimate of drug-likeness (QED) is 0.435. The summed E-state index contributed by atoms with van der Waals surface area (Å²) in [6.07, 6.45) is 3.76. The maximum atomic E-state index is 12.1. The Morgan fingerprint density at radius 1 is 0.793 bits per heavy atom. The Morgan fingerprint density at radius 2 is 1.52 bits per heavy atom. The minimum Gasteiger partial charge on any atom is -0.308 e. The summed E-state index contributed by atoms with van der Waals surface area (Å²) in [5.74, 6) is -0.576. The van der Waals surface area contributed by atoms with E-state index in [2.05, 4.69) is 10.6 Å². The van der Waals surface area contributed by atoms with Crippen LogP contribution >= 0.6 is 34.8 Å². The molecule has 0 unspecified atom stereocenters. The third-order valence-electron chi connectivity index (χ3n) is 3.93. The van der Waals surface area contributed by atoms with Crippen LogP contribution in [0.15, 0.2) is 66.7 Å². The fraction of sp³-hybridized carbons (Fsp3) is 0. The predicted molar refractivity (Wildman–Crippen MR) is 120 cm³/mol. The second-order valence-electron chi connectivity index (χ2n) is 6.01. The van der Waals surface area contributed by atoms with Crippen LogP contribution < -0.4 is 10.6 Å². The van der Waals surface area contributed by atoms with E-state index in [0.29, 0.717) is 15.7 Å². The van der Waals surface area contributed by atoms with E-state index >= 15 is 0 Å². The molecule has 0 aliphatic rings. The van der Waals surface area contributed by atoms with Crippen LogP contribution in [0.5, 0.6) is 0 Å². The SMILES string of the molecule is O=C(NC(=O)c1ccccc1Cl)Nc1ccc(/C=C/c2ccc(Cl)cc2Cl)cc1. The molecular formula is C22H15Cl3N2O2. The lowest BCUT2D eigenvalue weighted by molar-refractivity contribution is 0.0967. The average Bonchev–Trinajstić information content (AvgIpc) is 2.68. The summed E-state index contributed by atoms with van der Waals surface area (Å²) in [6, 6.07) is 18.2. The van der Waals surface area contributed by atoms with Crippen LogP contribution in [-0.2, 0) is 0 Å². The summed E-state index contributed by atoms with van der Waals surface area (Å²) in [7, 11) is 0. The lowest BCUT2D eigenvalue weighted by Crippen LogP contribution is -2.34. The van der Waals surface area contributed by atoms with Crippen molar-refractivity contribution >= 4 is 64.6 Å². The first-order valence-electron chi connectivity index (χ1n) is 8.52. The van der Waals surface area contributed by atoms with Crippen molar-refractivity contribution in [1.29, 1.82) is 0 Å². The monoisotopic (exact) mass is 444 g/mol. The number of halogens is 3. The fourth-order valence-corrected chi connectivity index (χ4v) is 3.17. The molecule has 0 fully saturated rings. The maximum Gasteiger partial charge on any atom is 0.326 e. The molecule has 0 saturated carbocycles. The third kappa shape index (κ3) is 5.84. The number of urea groups is 1. The highest BCUT2D eigenvalue weighted by molar-refractivity contribution is 6.35. The Kier molecular flexibility index (Phi) is 6.94. The standard InChI is InChI=1S/C22H15Cl3N2O2/c23-16-10-9-15(20(25)13-16)8-5-14-6-11-17(12-7-14)26-22(29)27-21(28)18-3-1-2-4-19(18)24/h1-13H,(H2,26,27,28,29)/b8-5+. The number of nitrogens with one attached hydrogen (secondary N) is 2. The van der Waals surface area contributed by atoms with Crippen molar-refractivity contribution < 1.29 is 9.59 Å². The summed E-state index contributed by atoms with van der Waals surface area (Å²) in [5, 5.41) is 6.26. The molecule has 0 heterocycles. The van der Waals surface area contributed by atoms with Gasteiger partial charge in [0.25, 0.3) is 5.91 Å². The molecule has 0 radical (unpaired) electrons. The second-order valence-corrected chi connectivity index (χ2v) is 7.26. The highest BCUT2D eigenvalue weighted by atomic mass is 35.5. The van der Waals surface area contributed by atoms with Crippen LogP contribution in [0.4, 0.5) is 10.5 Å². The van der Waals surface area contributed by atoms with Gasteiger partial charge in [-0.2, -0.15) is 0 Å². The van der Waals surface area contributed by atoms with E-state index < -0.39 is 11.9 Å². The van der Waals surface area contributed by atoms with Gasteiger partial charge in [0.15, 0.2) is 0 Å². The smallest absolute Gasteiger partial charge is 0.308 e. The summed E-state index contributed by atoms with van der Waals surface area (Å²) >= 11 is 18.0. The highest BCUT2D eigenvalue weighted by Gasteiger charge is 2.13. The normalized spacial score (nSPS) is 10.7. The summed E-state index contributed by atoms with van der Waals surface area (Å²) in [6.45, 7) is 0. The van der Waals surface area contributed by atoms with Gasteiger partial charge in [-0.05, 0) is 47.5 Å². The number of anilines is 1. The molecule has 3 rings (SSSR count). The number of imide groups is 1. The van der Waals surface area contributed by atoms with E-state index in [1.165, 1.54) is 0 Å². The molecule has 4 nitrogen and oxygen atoms in total. The van der Waals surface area contributed by atoms with Gasteiger partial charge in [0.05, 0.1) is 10.6 Å². The second kappa shape index (κ2) is 9.61. The van der Waals surface area contributed by atoms with Gasteiger partial charge in [0.2, 0.25) is 0 Å². The van der Waals surface area contributed by atoms with Crippen molar-refractivity contribution in [2.24, 2.45) is 0 Å². The number of benzene rings is 3. The molecule has 146 valence electrons. The molecule has 0 atom stereocenters. The minimum atomic E-state index is -0.647. The molecule has 3 amide bonds. The van der Waals surface area contributed by atoms with E-state index in [1.54, 1.807) is 48.5 Å². The molecule has 2 N–H and O–H groups in total. The zero-order valence-corrected chi connectivity index (χ0v) is 17.2. The summed E-state index contributed by atoms with van der Waals surface area (Å²) in [4.78, 5) is 24.1. The van der Waals surface area contributed by atoms with Crippen LogP contribution in [0.1, 0.15) is 21.5 Å². The lowest BCUT2D eigenvalue weighted by atomic mass is 10.1. The first-order chi connectivity index (χ1) is 13.9. The minimum absolute atomic E-state index is 0.227. The van der Waals surface area contributed by atoms with Crippen LogP contribution in [-0.4, -0.2) is 11.9 Å². The third-order valence-corrected chi connectivity index (χ3v) is 4.82. The van der Waals surface area contributed by atoms with E-state index in [9.17, 15) is 9.59 Å². The molecule has 0 aliphatic carbocycles. The average molecular weight is 446 g/mol. The van der Waals surface area contributed by atoms with Crippen molar-refractivity contribution in [3.05, 3.63) is 98.5 Å². The van der Waals surface area contributed by atoms with E-state index in [4.69, 9.17) is 34.8 Å². The molecule has 29 heavy (non-hydrogen) atoms. The highest BCUT2D eigenvalue weighted by Crippen LogP contribution is 2.23. The van der Waals surface area contributed by atoms with Gasteiger partial charge in [-0.1, -0.05) is 77.3 Å². The van der Waals surface area contributed by atoms with Gasteiger partial charge >= 0.3 is 6.03 Å². The van der Waals surface area contributed by atoms with Crippen molar-refractivity contribution in [3.8, 4) is 0 Å². The van der Waals surface area contributed by atoms with Crippen molar-refractivity contribution in [2.75, 3.05) is 5.32 Å². The lowest BCUT2D eigenvalue weighted by Gasteiger charge is -2.08. The molecular weight excluding hydrogens is 431 g/mol. The number of hydrogen-bond acceptors (Lipinski definition) is 2. The number of rotatable bonds is 4. The Balaban J connectivity index is 1.60. The molecule has 0 aromatic heterocycles. The van der Waals surface area contributed by atoms with Gasteiger partial charge in [-0.15, -0.1) is 0 Å². The Labute approximate surface area is 183 Å². The molecule has 0 spiro atoms. The van der Waals surface area contributed by atoms with Gasteiger partial charge in [0, 0.05) is 15.7 Å². The molecule has 0 bridgehead atoms. The van der Waals surface area contributed by atoms with Crippen LogP contribution in [0, 0.1) is 0 Å². The number of hydrogen-bond donors (Lipinski definition) is 2. The van der Waals surface area contributed by atoms with Crippen LogP contribution in [0.3, 0.4) is 0 Å². The molecule has 0 saturated heterocycles. The summed E-state index contributed by atoms with van der Waals surface area (Å²) < 4.78 is 0. The van der Waals surface area contributed by atoms with Gasteiger partial charge in [-0.25, -0.2) is 4.79 Å². The Hall–Kier alpha value is -2.79. The number of carbonyl (C=O) groups is 2. The van der Waals surface area contributed by atoms with E-state index in [0.717, 1.165) is 11.1 Å². The maximum absolute atomic E-state index is 12.1. The molecule has 0 aliphatic heterocycles. The van der Waals surface area contributed by atoms with E-state index in [-0.39, 0.29) is 10.6 Å². The molecule has 3 aromatic rings. The topological polar surface area (TPSA) is 58.2 Å². The van der Waals surface area contributed by atoms with Crippen molar-refractivity contribution in [1.82, 2.24) is 5.32 Å². The number of amides is 3.